The molecular formula is C11H20O5S. The number of aliphatic hydroxyl groups is 1. The Balaban J connectivity index is 2.87. The van der Waals surface area contributed by atoms with E-state index in [0.29, 0.717) is 12.8 Å². The molecule has 6 heteroatoms. The Morgan fingerprint density at radius 1 is 1.47 bits per heavy atom. The number of hydrogen-bond acceptors (Lipinski definition) is 5. The molecule has 0 aliphatic carbocycles. The Morgan fingerprint density at radius 3 is 2.53 bits per heavy atom. The molecule has 1 aliphatic rings. The van der Waals surface area contributed by atoms with Crippen molar-refractivity contribution in [3.63, 3.8) is 0 Å². The molecule has 0 saturated carbocycles. The molecule has 1 heterocycles. The number of carbonyl (C=O) groups is 1. The minimum Gasteiger partial charge on any atom is -0.466 e. The third kappa shape index (κ3) is 3.42. The number of hydrogen-bond donors (Lipinski definition) is 1. The third-order valence-electron chi connectivity index (χ3n) is 3.11. The van der Waals surface area contributed by atoms with Gasteiger partial charge in [0.15, 0.2) is 9.84 Å². The second-order valence-corrected chi connectivity index (χ2v) is 6.72. The highest BCUT2D eigenvalue weighted by Crippen LogP contribution is 2.34. The van der Waals surface area contributed by atoms with Gasteiger partial charge in [-0.15, -0.1) is 0 Å². The van der Waals surface area contributed by atoms with E-state index in [9.17, 15) is 18.3 Å². The van der Waals surface area contributed by atoms with Crippen molar-refractivity contribution in [3.8, 4) is 0 Å². The first-order valence-electron chi connectivity index (χ1n) is 5.94. The standard InChI is InChI=1S/C11H20O5S/c1-3-5-9(10(12)16-4-2)11(13)6-7-17(14,15)8-11/h9,13H,3-8H2,1-2H3. The first-order chi connectivity index (χ1) is 7.84. The lowest BCUT2D eigenvalue weighted by Gasteiger charge is -2.29. The van der Waals surface area contributed by atoms with Gasteiger partial charge in [-0.25, -0.2) is 8.42 Å². The maximum absolute atomic E-state index is 11.8. The van der Waals surface area contributed by atoms with Gasteiger partial charge in [-0.3, -0.25) is 4.79 Å². The molecule has 0 spiro atoms. The second-order valence-electron chi connectivity index (χ2n) is 4.54. The summed E-state index contributed by atoms with van der Waals surface area (Å²) < 4.78 is 27.8. The van der Waals surface area contributed by atoms with Gasteiger partial charge in [0.2, 0.25) is 0 Å². The van der Waals surface area contributed by atoms with Crippen LogP contribution in [0.4, 0.5) is 0 Å². The Hall–Kier alpha value is -0.620. The monoisotopic (exact) mass is 264 g/mol. The summed E-state index contributed by atoms with van der Waals surface area (Å²) in [5, 5.41) is 10.3. The quantitative estimate of drug-likeness (QED) is 0.732. The second kappa shape index (κ2) is 5.35. The van der Waals surface area contributed by atoms with Crippen molar-refractivity contribution in [1.82, 2.24) is 0 Å². The van der Waals surface area contributed by atoms with Crippen molar-refractivity contribution in [2.75, 3.05) is 18.1 Å². The highest BCUT2D eigenvalue weighted by atomic mass is 32.2. The van der Waals surface area contributed by atoms with E-state index in [4.69, 9.17) is 4.74 Å². The molecule has 0 aromatic rings. The molecule has 0 bridgehead atoms. The van der Waals surface area contributed by atoms with Gasteiger partial charge in [-0.1, -0.05) is 13.3 Å². The highest BCUT2D eigenvalue weighted by Gasteiger charge is 2.49. The molecule has 1 aliphatic heterocycles. The number of rotatable bonds is 5. The van der Waals surface area contributed by atoms with Crippen LogP contribution in [0.1, 0.15) is 33.1 Å². The number of sulfone groups is 1. The van der Waals surface area contributed by atoms with Gasteiger partial charge in [-0.05, 0) is 19.8 Å². The molecule has 1 fully saturated rings. The summed E-state index contributed by atoms with van der Waals surface area (Å²) in [7, 11) is -3.22. The molecule has 5 nitrogen and oxygen atoms in total. The predicted octanol–water partition coefficient (Wildman–Crippen LogP) is 0.515. The lowest BCUT2D eigenvalue weighted by molar-refractivity contribution is -0.157. The van der Waals surface area contributed by atoms with Crippen LogP contribution >= 0.6 is 0 Å². The molecule has 0 aromatic carbocycles. The maximum Gasteiger partial charge on any atom is 0.311 e. The minimum absolute atomic E-state index is 0.0525. The van der Waals surface area contributed by atoms with Crippen LogP contribution in [-0.2, 0) is 19.4 Å². The van der Waals surface area contributed by atoms with Crippen molar-refractivity contribution in [1.29, 1.82) is 0 Å². The third-order valence-corrected chi connectivity index (χ3v) is 4.88. The van der Waals surface area contributed by atoms with E-state index in [-0.39, 0.29) is 24.5 Å². The summed E-state index contributed by atoms with van der Waals surface area (Å²) in [4.78, 5) is 11.8. The van der Waals surface area contributed by atoms with Gasteiger partial charge in [0.05, 0.1) is 29.6 Å². The summed E-state index contributed by atoms with van der Waals surface area (Å²) in [6.07, 6.45) is 1.27. The van der Waals surface area contributed by atoms with Crippen molar-refractivity contribution in [2.45, 2.75) is 38.7 Å². The van der Waals surface area contributed by atoms with Crippen LogP contribution in [0, 0.1) is 5.92 Å². The normalized spacial score (nSPS) is 28.9. The van der Waals surface area contributed by atoms with Gasteiger partial charge >= 0.3 is 5.97 Å². The van der Waals surface area contributed by atoms with E-state index in [2.05, 4.69) is 0 Å². The molecule has 2 atom stereocenters. The molecule has 100 valence electrons. The van der Waals surface area contributed by atoms with Gasteiger partial charge in [0.1, 0.15) is 0 Å². The van der Waals surface area contributed by atoms with Crippen LogP contribution in [0.2, 0.25) is 0 Å². The van der Waals surface area contributed by atoms with Crippen molar-refractivity contribution in [3.05, 3.63) is 0 Å². The maximum atomic E-state index is 11.8. The molecular weight excluding hydrogens is 244 g/mol. The molecule has 1 N–H and O–H groups in total. The average molecular weight is 264 g/mol. The summed E-state index contributed by atoms with van der Waals surface area (Å²) >= 11 is 0. The molecule has 1 rings (SSSR count). The fourth-order valence-corrected chi connectivity index (χ4v) is 4.19. The number of carbonyl (C=O) groups excluding carboxylic acids is 1. The first kappa shape index (κ1) is 14.4. The van der Waals surface area contributed by atoms with E-state index in [1.54, 1.807) is 6.92 Å². The zero-order valence-corrected chi connectivity index (χ0v) is 11.1. The number of esters is 1. The molecule has 0 radical (unpaired) electrons. The van der Waals surface area contributed by atoms with Crippen molar-refractivity contribution < 1.29 is 23.1 Å². The zero-order chi connectivity index (χ0) is 13.1. The van der Waals surface area contributed by atoms with Gasteiger partial charge in [0, 0.05) is 0 Å². The van der Waals surface area contributed by atoms with Crippen molar-refractivity contribution in [2.24, 2.45) is 5.92 Å². The topological polar surface area (TPSA) is 80.7 Å². The molecule has 0 aromatic heterocycles. The van der Waals surface area contributed by atoms with Crippen LogP contribution in [0.25, 0.3) is 0 Å². The zero-order valence-electron chi connectivity index (χ0n) is 10.3. The van der Waals surface area contributed by atoms with Gasteiger partial charge < -0.3 is 9.84 Å². The van der Waals surface area contributed by atoms with Crippen LogP contribution in [0.3, 0.4) is 0 Å². The molecule has 1 saturated heterocycles. The van der Waals surface area contributed by atoms with E-state index in [1.165, 1.54) is 0 Å². The van der Waals surface area contributed by atoms with E-state index >= 15 is 0 Å². The van der Waals surface area contributed by atoms with E-state index in [0.717, 1.165) is 0 Å². The van der Waals surface area contributed by atoms with Crippen LogP contribution in [0.15, 0.2) is 0 Å². The van der Waals surface area contributed by atoms with Crippen LogP contribution in [0.5, 0.6) is 0 Å². The predicted molar refractivity (Wildman–Crippen MR) is 63.3 cm³/mol. The lowest BCUT2D eigenvalue weighted by Crippen LogP contribution is -2.44. The summed E-state index contributed by atoms with van der Waals surface area (Å²) in [6.45, 7) is 3.82. The molecule has 2 unspecified atom stereocenters. The smallest absolute Gasteiger partial charge is 0.311 e. The minimum atomic E-state index is -3.22. The summed E-state index contributed by atoms with van der Waals surface area (Å²) in [5.74, 6) is -1.61. The number of ether oxygens (including phenoxy) is 1. The van der Waals surface area contributed by atoms with E-state index < -0.39 is 27.3 Å². The van der Waals surface area contributed by atoms with Crippen LogP contribution < -0.4 is 0 Å². The summed E-state index contributed by atoms with van der Waals surface area (Å²) in [6, 6.07) is 0. The SMILES string of the molecule is CCCC(C(=O)OCC)C1(O)CCS(=O)(=O)C1. The largest absolute Gasteiger partial charge is 0.466 e. The Kier molecular flexibility index (Phi) is 4.55. The van der Waals surface area contributed by atoms with E-state index in [1.807, 2.05) is 6.92 Å². The van der Waals surface area contributed by atoms with Crippen molar-refractivity contribution >= 4 is 15.8 Å². The van der Waals surface area contributed by atoms with Gasteiger partial charge in [-0.2, -0.15) is 0 Å². The molecule has 17 heavy (non-hydrogen) atoms. The highest BCUT2D eigenvalue weighted by molar-refractivity contribution is 7.91. The van der Waals surface area contributed by atoms with Gasteiger partial charge in [0.25, 0.3) is 0 Å². The Bertz CT molecular complexity index is 375. The first-order valence-corrected chi connectivity index (χ1v) is 7.76. The Labute approximate surface area is 102 Å². The lowest BCUT2D eigenvalue weighted by atomic mass is 9.83. The average Bonchev–Trinajstić information content (AvgIpc) is 2.50. The van der Waals surface area contributed by atoms with Crippen LogP contribution in [-0.4, -0.2) is 43.2 Å². The fourth-order valence-electron chi connectivity index (χ4n) is 2.27. The fraction of sp³-hybridized carbons (Fsp3) is 0.909. The summed E-state index contributed by atoms with van der Waals surface area (Å²) in [5.41, 5.74) is -1.44. The Morgan fingerprint density at radius 2 is 2.12 bits per heavy atom. The molecule has 0 amide bonds.